The summed E-state index contributed by atoms with van der Waals surface area (Å²) < 4.78 is 26.5. The molecule has 0 aromatic heterocycles. The van der Waals surface area contributed by atoms with Gasteiger partial charge in [-0.2, -0.15) is 0 Å². The molecule has 0 aliphatic heterocycles. The van der Waals surface area contributed by atoms with Crippen LogP contribution in [0.3, 0.4) is 0 Å². The zero-order chi connectivity index (χ0) is 15.6. The van der Waals surface area contributed by atoms with Crippen molar-refractivity contribution in [2.45, 2.75) is 11.8 Å². The van der Waals surface area contributed by atoms with Gasteiger partial charge < -0.3 is 10.2 Å². The molecule has 2 aromatic rings. The quantitative estimate of drug-likeness (QED) is 0.803. The molecule has 0 spiro atoms. The van der Waals surface area contributed by atoms with Crippen LogP contribution in [0.2, 0.25) is 0 Å². The second kappa shape index (κ2) is 5.45. The lowest BCUT2D eigenvalue weighted by molar-refractivity contribution is 0.0694. The van der Waals surface area contributed by atoms with Gasteiger partial charge in [0, 0.05) is 6.07 Å². The first-order valence-corrected chi connectivity index (χ1v) is 7.44. The van der Waals surface area contributed by atoms with Gasteiger partial charge >= 0.3 is 5.97 Å². The summed E-state index contributed by atoms with van der Waals surface area (Å²) in [6.45, 7) is 1.84. The number of carboxylic acids is 1. The van der Waals surface area contributed by atoms with Crippen molar-refractivity contribution >= 4 is 21.7 Å². The van der Waals surface area contributed by atoms with E-state index in [0.29, 0.717) is 0 Å². The van der Waals surface area contributed by atoms with E-state index in [1.54, 1.807) is 12.1 Å². The van der Waals surface area contributed by atoms with Gasteiger partial charge in [-0.15, -0.1) is 0 Å². The lowest BCUT2D eigenvalue weighted by Crippen LogP contribution is -2.13. The summed E-state index contributed by atoms with van der Waals surface area (Å²) in [6, 6.07) is 9.71. The van der Waals surface area contributed by atoms with Gasteiger partial charge in [-0.25, -0.2) is 13.2 Å². The minimum atomic E-state index is -3.79. The Labute approximate surface area is 121 Å². The SMILES string of the molecule is Cc1ccc(S(=O)(=O)Nc2ccc(C(=O)O)c(O)c2)cc1. The number of hydrogen-bond donors (Lipinski definition) is 3. The van der Waals surface area contributed by atoms with Gasteiger partial charge in [-0.3, -0.25) is 4.72 Å². The highest BCUT2D eigenvalue weighted by Crippen LogP contribution is 2.24. The molecular weight excluding hydrogens is 294 g/mol. The molecule has 21 heavy (non-hydrogen) atoms. The van der Waals surface area contributed by atoms with E-state index in [1.165, 1.54) is 18.2 Å². The molecule has 0 amide bonds. The van der Waals surface area contributed by atoms with Crippen molar-refractivity contribution in [2.24, 2.45) is 0 Å². The Morgan fingerprint density at radius 2 is 1.71 bits per heavy atom. The lowest BCUT2D eigenvalue weighted by atomic mass is 10.2. The molecule has 0 unspecified atom stereocenters. The molecule has 0 bridgehead atoms. The summed E-state index contributed by atoms with van der Waals surface area (Å²) in [5.74, 6) is -1.80. The number of hydrogen-bond acceptors (Lipinski definition) is 4. The maximum atomic E-state index is 12.1. The molecule has 0 aliphatic carbocycles. The number of aryl methyl sites for hydroxylation is 1. The monoisotopic (exact) mass is 307 g/mol. The second-order valence-corrected chi connectivity index (χ2v) is 6.14. The molecular formula is C14H13NO5S. The Kier molecular flexibility index (Phi) is 3.86. The third-order valence-corrected chi connectivity index (χ3v) is 4.21. The number of aromatic hydroxyl groups is 1. The zero-order valence-corrected chi connectivity index (χ0v) is 11.9. The van der Waals surface area contributed by atoms with Crippen LogP contribution in [0.4, 0.5) is 5.69 Å². The molecule has 2 rings (SSSR count). The number of sulfonamides is 1. The molecule has 0 atom stereocenters. The molecule has 0 aliphatic rings. The Morgan fingerprint density at radius 1 is 1.10 bits per heavy atom. The predicted octanol–water partition coefficient (Wildman–Crippen LogP) is 2.20. The zero-order valence-electron chi connectivity index (χ0n) is 11.1. The summed E-state index contributed by atoms with van der Waals surface area (Å²) >= 11 is 0. The number of nitrogens with one attached hydrogen (secondary N) is 1. The van der Waals surface area contributed by atoms with E-state index >= 15 is 0 Å². The second-order valence-electron chi connectivity index (χ2n) is 4.46. The highest BCUT2D eigenvalue weighted by Gasteiger charge is 2.16. The maximum absolute atomic E-state index is 12.1. The van der Waals surface area contributed by atoms with E-state index in [0.717, 1.165) is 17.7 Å². The molecule has 0 fully saturated rings. The topological polar surface area (TPSA) is 104 Å². The summed E-state index contributed by atoms with van der Waals surface area (Å²) in [4.78, 5) is 10.9. The van der Waals surface area contributed by atoms with Crippen LogP contribution in [0, 0.1) is 6.92 Å². The van der Waals surface area contributed by atoms with Crippen LogP contribution in [0.5, 0.6) is 5.75 Å². The molecule has 0 saturated carbocycles. The van der Waals surface area contributed by atoms with E-state index in [-0.39, 0.29) is 16.1 Å². The van der Waals surface area contributed by atoms with Gasteiger partial charge in [-0.05, 0) is 31.2 Å². The highest BCUT2D eigenvalue weighted by atomic mass is 32.2. The van der Waals surface area contributed by atoms with Gasteiger partial charge in [0.25, 0.3) is 10.0 Å². The molecule has 0 heterocycles. The number of carbonyl (C=O) groups is 1. The Morgan fingerprint density at radius 3 is 2.24 bits per heavy atom. The van der Waals surface area contributed by atoms with Crippen molar-refractivity contribution in [2.75, 3.05) is 4.72 Å². The predicted molar refractivity (Wildman–Crippen MR) is 77.1 cm³/mol. The largest absolute Gasteiger partial charge is 0.507 e. The van der Waals surface area contributed by atoms with Gasteiger partial charge in [0.05, 0.1) is 10.6 Å². The van der Waals surface area contributed by atoms with E-state index in [1.807, 2.05) is 6.92 Å². The van der Waals surface area contributed by atoms with Crippen LogP contribution in [0.25, 0.3) is 0 Å². The molecule has 2 aromatic carbocycles. The van der Waals surface area contributed by atoms with Crippen molar-refractivity contribution < 1.29 is 23.4 Å². The average Bonchev–Trinajstić information content (AvgIpc) is 2.38. The third-order valence-electron chi connectivity index (χ3n) is 2.81. The molecule has 0 saturated heterocycles. The van der Waals surface area contributed by atoms with Crippen LogP contribution in [-0.2, 0) is 10.0 Å². The minimum Gasteiger partial charge on any atom is -0.507 e. The van der Waals surface area contributed by atoms with E-state index in [2.05, 4.69) is 4.72 Å². The summed E-state index contributed by atoms with van der Waals surface area (Å²) in [7, 11) is -3.79. The van der Waals surface area contributed by atoms with Gasteiger partial charge in [-0.1, -0.05) is 17.7 Å². The molecule has 7 heteroatoms. The average molecular weight is 307 g/mol. The lowest BCUT2D eigenvalue weighted by Gasteiger charge is -2.09. The number of benzene rings is 2. The summed E-state index contributed by atoms with van der Waals surface area (Å²) in [6.07, 6.45) is 0. The van der Waals surface area contributed by atoms with E-state index < -0.39 is 21.7 Å². The van der Waals surface area contributed by atoms with Gasteiger partial charge in [0.1, 0.15) is 11.3 Å². The van der Waals surface area contributed by atoms with Crippen molar-refractivity contribution in [1.82, 2.24) is 0 Å². The standard InChI is InChI=1S/C14H13NO5S/c1-9-2-5-11(6-3-9)21(19,20)15-10-4-7-12(14(17)18)13(16)8-10/h2-8,15-16H,1H3,(H,17,18). The summed E-state index contributed by atoms with van der Waals surface area (Å²) in [5, 5.41) is 18.3. The van der Waals surface area contributed by atoms with Crippen molar-refractivity contribution in [1.29, 1.82) is 0 Å². The molecule has 110 valence electrons. The Bertz CT molecular complexity index is 782. The van der Waals surface area contributed by atoms with Crippen molar-refractivity contribution in [3.63, 3.8) is 0 Å². The van der Waals surface area contributed by atoms with Crippen LogP contribution in [0.15, 0.2) is 47.4 Å². The minimum absolute atomic E-state index is 0.0786. The van der Waals surface area contributed by atoms with Crippen LogP contribution >= 0.6 is 0 Å². The van der Waals surface area contributed by atoms with Crippen molar-refractivity contribution in [3.8, 4) is 5.75 Å². The number of phenols is 1. The number of rotatable bonds is 4. The fraction of sp³-hybridized carbons (Fsp3) is 0.0714. The molecule has 3 N–H and O–H groups in total. The molecule has 0 radical (unpaired) electrons. The normalized spacial score (nSPS) is 11.1. The fourth-order valence-corrected chi connectivity index (χ4v) is 2.76. The smallest absolute Gasteiger partial charge is 0.339 e. The maximum Gasteiger partial charge on any atom is 0.339 e. The Hall–Kier alpha value is -2.54. The van der Waals surface area contributed by atoms with E-state index in [4.69, 9.17) is 5.11 Å². The number of carboxylic acid groups (broad SMARTS) is 1. The third kappa shape index (κ3) is 3.32. The highest BCUT2D eigenvalue weighted by molar-refractivity contribution is 7.92. The first kappa shape index (κ1) is 14.9. The van der Waals surface area contributed by atoms with Crippen LogP contribution in [0.1, 0.15) is 15.9 Å². The van der Waals surface area contributed by atoms with E-state index in [9.17, 15) is 18.3 Å². The molecule has 6 nitrogen and oxygen atoms in total. The van der Waals surface area contributed by atoms with Crippen LogP contribution in [-0.4, -0.2) is 24.6 Å². The van der Waals surface area contributed by atoms with Crippen molar-refractivity contribution in [3.05, 3.63) is 53.6 Å². The Balaban J connectivity index is 2.31. The first-order chi connectivity index (χ1) is 9.79. The van der Waals surface area contributed by atoms with Gasteiger partial charge in [0.15, 0.2) is 0 Å². The van der Waals surface area contributed by atoms with Crippen LogP contribution < -0.4 is 4.72 Å². The number of anilines is 1. The first-order valence-electron chi connectivity index (χ1n) is 5.95. The van der Waals surface area contributed by atoms with Gasteiger partial charge in [0.2, 0.25) is 0 Å². The fourth-order valence-electron chi connectivity index (χ4n) is 1.71. The number of aromatic carboxylic acids is 1. The summed E-state index contributed by atoms with van der Waals surface area (Å²) in [5.41, 5.74) is 0.712.